The van der Waals surface area contributed by atoms with E-state index in [4.69, 9.17) is 11.6 Å². The lowest BCUT2D eigenvalue weighted by Crippen LogP contribution is -2.38. The van der Waals surface area contributed by atoms with Crippen LogP contribution in [0.1, 0.15) is 42.6 Å². The highest BCUT2D eigenvalue weighted by Gasteiger charge is 2.26. The van der Waals surface area contributed by atoms with Gasteiger partial charge in [0.25, 0.3) is 11.6 Å². The Kier molecular flexibility index (Phi) is 6.15. The van der Waals surface area contributed by atoms with Gasteiger partial charge in [-0.15, -0.1) is 11.6 Å². The third-order valence-electron chi connectivity index (χ3n) is 4.07. The summed E-state index contributed by atoms with van der Waals surface area (Å²) in [5, 5.41) is 13.6. The van der Waals surface area contributed by atoms with E-state index in [0.29, 0.717) is 23.6 Å². The molecule has 0 saturated heterocycles. The maximum absolute atomic E-state index is 12.2. The lowest BCUT2D eigenvalue weighted by Gasteiger charge is -2.29. The molecule has 5 nitrogen and oxygen atoms in total. The molecular formula is C15H21ClN2O3. The highest BCUT2D eigenvalue weighted by Crippen LogP contribution is 2.27. The summed E-state index contributed by atoms with van der Waals surface area (Å²) in [6.07, 6.45) is 1.76. The van der Waals surface area contributed by atoms with Crippen molar-refractivity contribution in [1.82, 2.24) is 5.32 Å². The smallest absolute Gasteiger partial charge is 0.269 e. The van der Waals surface area contributed by atoms with E-state index in [9.17, 15) is 14.9 Å². The van der Waals surface area contributed by atoms with Crippen LogP contribution in [0.15, 0.2) is 18.2 Å². The zero-order chi connectivity index (χ0) is 16.0. The zero-order valence-corrected chi connectivity index (χ0v) is 13.4. The number of carbonyl (C=O) groups excluding carboxylic acids is 1. The fourth-order valence-electron chi connectivity index (χ4n) is 2.12. The lowest BCUT2D eigenvalue weighted by atomic mass is 9.84. The largest absolute Gasteiger partial charge is 0.351 e. The summed E-state index contributed by atoms with van der Waals surface area (Å²) in [6.45, 7) is 6.29. The molecule has 0 saturated carbocycles. The van der Waals surface area contributed by atoms with Gasteiger partial charge >= 0.3 is 0 Å². The molecule has 1 N–H and O–H groups in total. The van der Waals surface area contributed by atoms with Crippen LogP contribution in [0.5, 0.6) is 0 Å². The summed E-state index contributed by atoms with van der Waals surface area (Å²) < 4.78 is 0. The maximum atomic E-state index is 12.2. The monoisotopic (exact) mass is 312 g/mol. The van der Waals surface area contributed by atoms with Crippen molar-refractivity contribution in [3.05, 3.63) is 39.4 Å². The van der Waals surface area contributed by atoms with Crippen molar-refractivity contribution in [2.75, 3.05) is 12.4 Å². The first-order valence-corrected chi connectivity index (χ1v) is 7.51. The average molecular weight is 313 g/mol. The van der Waals surface area contributed by atoms with E-state index in [2.05, 4.69) is 19.2 Å². The van der Waals surface area contributed by atoms with Gasteiger partial charge in [-0.05, 0) is 31.4 Å². The number of nitro benzene ring substituents is 1. The van der Waals surface area contributed by atoms with E-state index in [-0.39, 0.29) is 17.0 Å². The minimum absolute atomic E-state index is 0.0127. The Morgan fingerprint density at radius 1 is 1.38 bits per heavy atom. The second kappa shape index (κ2) is 7.41. The average Bonchev–Trinajstić information content (AvgIpc) is 2.48. The first-order chi connectivity index (χ1) is 9.89. The van der Waals surface area contributed by atoms with Crippen molar-refractivity contribution in [3.8, 4) is 0 Å². The van der Waals surface area contributed by atoms with Crippen LogP contribution in [0.3, 0.4) is 0 Å². The van der Waals surface area contributed by atoms with Crippen LogP contribution >= 0.6 is 11.6 Å². The Labute approximate surface area is 129 Å². The standard InChI is InChI=1S/C15H21ClN2O3/c1-4-15(5-2,9-16)10-17-14(19)13-7-6-12(18(20)21)8-11(13)3/h6-8H,4-5,9-10H2,1-3H3,(H,17,19). The summed E-state index contributed by atoms with van der Waals surface area (Å²) >= 11 is 6.01. The zero-order valence-electron chi connectivity index (χ0n) is 12.6. The molecule has 0 atom stereocenters. The van der Waals surface area contributed by atoms with Gasteiger partial charge in [0, 0.05) is 35.5 Å². The summed E-state index contributed by atoms with van der Waals surface area (Å²) in [5.74, 6) is 0.262. The number of nitrogens with zero attached hydrogens (tertiary/aromatic N) is 1. The molecule has 6 heteroatoms. The molecule has 1 amide bonds. The Morgan fingerprint density at radius 2 is 2.00 bits per heavy atom. The minimum atomic E-state index is -0.471. The molecule has 0 heterocycles. The molecule has 0 aromatic heterocycles. The van der Waals surface area contributed by atoms with E-state index in [1.165, 1.54) is 18.2 Å². The minimum Gasteiger partial charge on any atom is -0.351 e. The summed E-state index contributed by atoms with van der Waals surface area (Å²) in [5.41, 5.74) is 0.926. The number of rotatable bonds is 7. The van der Waals surface area contributed by atoms with Crippen molar-refractivity contribution >= 4 is 23.2 Å². The van der Waals surface area contributed by atoms with Gasteiger partial charge in [-0.25, -0.2) is 0 Å². The van der Waals surface area contributed by atoms with Crippen LogP contribution in [0.25, 0.3) is 0 Å². The van der Waals surface area contributed by atoms with Crippen molar-refractivity contribution in [2.45, 2.75) is 33.6 Å². The number of alkyl halides is 1. The first kappa shape index (κ1) is 17.4. The molecule has 0 bridgehead atoms. The molecule has 1 aromatic carbocycles. The van der Waals surface area contributed by atoms with Crippen molar-refractivity contribution in [3.63, 3.8) is 0 Å². The molecule has 1 aromatic rings. The number of amides is 1. The Bertz CT molecular complexity index is 519. The van der Waals surface area contributed by atoms with Crippen LogP contribution in [0, 0.1) is 22.5 Å². The third kappa shape index (κ3) is 4.17. The molecule has 0 aliphatic carbocycles. The summed E-state index contributed by atoms with van der Waals surface area (Å²) in [4.78, 5) is 22.4. The van der Waals surface area contributed by atoms with Gasteiger partial charge in [0.15, 0.2) is 0 Å². The molecule has 1 rings (SSSR count). The second-order valence-corrected chi connectivity index (χ2v) is 5.55. The molecule has 0 unspecified atom stereocenters. The molecule has 0 fully saturated rings. The van der Waals surface area contributed by atoms with Crippen molar-refractivity contribution in [2.24, 2.45) is 5.41 Å². The van der Waals surface area contributed by atoms with Gasteiger partial charge in [0.1, 0.15) is 0 Å². The predicted molar refractivity (Wildman–Crippen MR) is 83.9 cm³/mol. The number of hydrogen-bond acceptors (Lipinski definition) is 3. The van der Waals surface area contributed by atoms with E-state index in [1.807, 2.05) is 0 Å². The van der Waals surface area contributed by atoms with Crippen LogP contribution < -0.4 is 5.32 Å². The van der Waals surface area contributed by atoms with Crippen LogP contribution in [0.2, 0.25) is 0 Å². The number of non-ortho nitro benzene ring substituents is 1. The van der Waals surface area contributed by atoms with Crippen LogP contribution in [-0.4, -0.2) is 23.3 Å². The van der Waals surface area contributed by atoms with E-state index >= 15 is 0 Å². The normalized spacial score (nSPS) is 11.2. The van der Waals surface area contributed by atoms with E-state index < -0.39 is 4.92 Å². The topological polar surface area (TPSA) is 72.2 Å². The number of nitro groups is 1. The number of hydrogen-bond donors (Lipinski definition) is 1. The maximum Gasteiger partial charge on any atom is 0.269 e. The fourth-order valence-corrected chi connectivity index (χ4v) is 2.59. The van der Waals surface area contributed by atoms with Crippen LogP contribution in [0.4, 0.5) is 5.69 Å². The Balaban J connectivity index is 2.83. The summed E-state index contributed by atoms with van der Waals surface area (Å²) in [6, 6.07) is 4.24. The highest BCUT2D eigenvalue weighted by atomic mass is 35.5. The van der Waals surface area contributed by atoms with Gasteiger partial charge in [-0.3, -0.25) is 14.9 Å². The molecule has 0 aliphatic rings. The Morgan fingerprint density at radius 3 is 2.43 bits per heavy atom. The van der Waals surface area contributed by atoms with Gasteiger partial charge in [0.05, 0.1) is 4.92 Å². The molecule has 116 valence electrons. The van der Waals surface area contributed by atoms with Gasteiger partial charge < -0.3 is 5.32 Å². The van der Waals surface area contributed by atoms with Crippen molar-refractivity contribution in [1.29, 1.82) is 0 Å². The van der Waals surface area contributed by atoms with Gasteiger partial charge in [-0.2, -0.15) is 0 Å². The second-order valence-electron chi connectivity index (χ2n) is 5.28. The van der Waals surface area contributed by atoms with Gasteiger partial charge in [0.2, 0.25) is 0 Å². The number of benzene rings is 1. The number of halogens is 1. The van der Waals surface area contributed by atoms with Crippen molar-refractivity contribution < 1.29 is 9.72 Å². The summed E-state index contributed by atoms with van der Waals surface area (Å²) in [7, 11) is 0. The number of nitrogens with one attached hydrogen (secondary N) is 1. The lowest BCUT2D eigenvalue weighted by molar-refractivity contribution is -0.384. The SMILES string of the molecule is CCC(CC)(CCl)CNC(=O)c1ccc([N+](=O)[O-])cc1C. The predicted octanol–water partition coefficient (Wildman–Crippen LogP) is 3.68. The van der Waals surface area contributed by atoms with E-state index in [0.717, 1.165) is 12.8 Å². The quantitative estimate of drug-likeness (QED) is 0.474. The molecule has 0 radical (unpaired) electrons. The molecule has 0 aliphatic heterocycles. The van der Waals surface area contributed by atoms with Gasteiger partial charge in [-0.1, -0.05) is 13.8 Å². The van der Waals surface area contributed by atoms with E-state index in [1.54, 1.807) is 6.92 Å². The fraction of sp³-hybridized carbons (Fsp3) is 0.533. The van der Waals surface area contributed by atoms with Crippen LogP contribution in [-0.2, 0) is 0 Å². The number of carbonyl (C=O) groups is 1. The first-order valence-electron chi connectivity index (χ1n) is 6.98. The number of aryl methyl sites for hydroxylation is 1. The Hall–Kier alpha value is -1.62. The third-order valence-corrected chi connectivity index (χ3v) is 4.64. The molecule has 21 heavy (non-hydrogen) atoms. The molecular weight excluding hydrogens is 292 g/mol. The molecule has 0 spiro atoms. The highest BCUT2D eigenvalue weighted by molar-refractivity contribution is 6.18.